The summed E-state index contributed by atoms with van der Waals surface area (Å²) in [6.45, 7) is 5.71. The summed E-state index contributed by atoms with van der Waals surface area (Å²) in [5, 5.41) is 0. The lowest BCUT2D eigenvalue weighted by atomic mass is 9.95. The van der Waals surface area contributed by atoms with Gasteiger partial charge in [-0.25, -0.2) is 0 Å². The number of likely N-dealkylation sites (tertiary alicyclic amines) is 1. The molecule has 86 valence electrons. The highest BCUT2D eigenvalue weighted by molar-refractivity contribution is 5.79. The molecule has 0 bridgehead atoms. The number of amides is 1. The molecule has 2 aliphatic heterocycles. The Balaban J connectivity index is 1.88. The molecule has 0 aliphatic carbocycles. The smallest absolute Gasteiger partial charge is 0.225 e. The van der Waals surface area contributed by atoms with Crippen LogP contribution >= 0.6 is 0 Å². The van der Waals surface area contributed by atoms with Crippen LogP contribution in [0.1, 0.15) is 32.6 Å². The van der Waals surface area contributed by atoms with E-state index in [1.54, 1.807) is 0 Å². The molecule has 3 nitrogen and oxygen atoms in total. The van der Waals surface area contributed by atoms with Crippen molar-refractivity contribution < 1.29 is 9.53 Å². The van der Waals surface area contributed by atoms with Gasteiger partial charge >= 0.3 is 0 Å². The Hall–Kier alpha value is -0.570. The van der Waals surface area contributed by atoms with Gasteiger partial charge in [-0.05, 0) is 31.6 Å². The minimum absolute atomic E-state index is 0.240. The minimum atomic E-state index is 0.240. The van der Waals surface area contributed by atoms with E-state index in [4.69, 9.17) is 4.74 Å². The molecule has 0 saturated carbocycles. The highest BCUT2D eigenvalue weighted by Crippen LogP contribution is 2.22. The maximum absolute atomic E-state index is 12.2. The molecule has 0 N–H and O–H groups in total. The van der Waals surface area contributed by atoms with Crippen LogP contribution in [0.25, 0.3) is 0 Å². The quantitative estimate of drug-likeness (QED) is 0.660. The van der Waals surface area contributed by atoms with E-state index in [-0.39, 0.29) is 5.92 Å². The molecular weight excluding hydrogens is 190 g/mol. The number of carbonyl (C=O) groups is 1. The lowest BCUT2D eigenvalue weighted by Crippen LogP contribution is -2.43. The van der Waals surface area contributed by atoms with Crippen LogP contribution in [0.3, 0.4) is 0 Å². The zero-order valence-electron chi connectivity index (χ0n) is 9.58. The average molecular weight is 211 g/mol. The molecule has 2 heterocycles. The molecule has 0 aromatic carbocycles. The van der Waals surface area contributed by atoms with Crippen molar-refractivity contribution in [3.63, 3.8) is 0 Å². The Kier molecular flexibility index (Phi) is 3.62. The number of rotatable bonds is 1. The van der Waals surface area contributed by atoms with Gasteiger partial charge in [-0.15, -0.1) is 0 Å². The highest BCUT2D eigenvalue weighted by Gasteiger charge is 2.28. The first-order chi connectivity index (χ1) is 7.27. The van der Waals surface area contributed by atoms with Gasteiger partial charge in [0.05, 0.1) is 0 Å². The second-order valence-corrected chi connectivity index (χ2v) is 4.92. The molecule has 0 spiro atoms. The molecule has 3 heteroatoms. The van der Waals surface area contributed by atoms with Gasteiger partial charge in [0, 0.05) is 32.2 Å². The fourth-order valence-electron chi connectivity index (χ4n) is 2.59. The summed E-state index contributed by atoms with van der Waals surface area (Å²) in [5.41, 5.74) is 0. The largest absolute Gasteiger partial charge is 0.381 e. The first-order valence-electron chi connectivity index (χ1n) is 6.14. The van der Waals surface area contributed by atoms with Gasteiger partial charge in [-0.3, -0.25) is 4.79 Å². The lowest BCUT2D eigenvalue weighted by Gasteiger charge is -2.34. The third-order valence-corrected chi connectivity index (χ3v) is 3.54. The van der Waals surface area contributed by atoms with E-state index in [1.165, 1.54) is 12.8 Å². The van der Waals surface area contributed by atoms with Gasteiger partial charge in [0.1, 0.15) is 0 Å². The predicted octanol–water partition coefficient (Wildman–Crippen LogP) is 1.67. The van der Waals surface area contributed by atoms with E-state index >= 15 is 0 Å². The van der Waals surface area contributed by atoms with Crippen LogP contribution < -0.4 is 0 Å². The van der Waals surface area contributed by atoms with Crippen molar-refractivity contribution in [2.45, 2.75) is 32.6 Å². The van der Waals surface area contributed by atoms with Crippen molar-refractivity contribution in [3.8, 4) is 0 Å². The van der Waals surface area contributed by atoms with E-state index in [0.29, 0.717) is 11.8 Å². The predicted molar refractivity (Wildman–Crippen MR) is 58.5 cm³/mol. The molecule has 0 aromatic heterocycles. The van der Waals surface area contributed by atoms with Crippen LogP contribution in [0.2, 0.25) is 0 Å². The molecule has 15 heavy (non-hydrogen) atoms. The van der Waals surface area contributed by atoms with Gasteiger partial charge in [0.25, 0.3) is 0 Å². The molecular formula is C12H21NO2. The summed E-state index contributed by atoms with van der Waals surface area (Å²) in [7, 11) is 0. The zero-order chi connectivity index (χ0) is 10.7. The number of carbonyl (C=O) groups excluding carboxylic acids is 1. The summed E-state index contributed by atoms with van der Waals surface area (Å²) in [5.74, 6) is 1.30. The van der Waals surface area contributed by atoms with Crippen molar-refractivity contribution in [2.24, 2.45) is 11.8 Å². The van der Waals surface area contributed by atoms with Gasteiger partial charge in [0.2, 0.25) is 5.91 Å². The molecule has 0 aromatic rings. The van der Waals surface area contributed by atoms with Crippen LogP contribution in [0.5, 0.6) is 0 Å². The number of hydrogen-bond donors (Lipinski definition) is 0. The first-order valence-corrected chi connectivity index (χ1v) is 6.14. The molecule has 2 rings (SSSR count). The molecule has 2 aliphatic rings. The van der Waals surface area contributed by atoms with E-state index in [9.17, 15) is 4.79 Å². The molecule has 0 unspecified atom stereocenters. The number of ether oxygens (including phenoxy) is 1. The summed E-state index contributed by atoms with van der Waals surface area (Å²) in [6.07, 6.45) is 4.29. The maximum atomic E-state index is 12.2. The highest BCUT2D eigenvalue weighted by atomic mass is 16.5. The van der Waals surface area contributed by atoms with Crippen LogP contribution in [0.15, 0.2) is 0 Å². The van der Waals surface area contributed by atoms with Gasteiger partial charge < -0.3 is 9.64 Å². The van der Waals surface area contributed by atoms with Crippen LogP contribution in [-0.2, 0) is 9.53 Å². The summed E-state index contributed by atoms with van der Waals surface area (Å²) >= 11 is 0. The summed E-state index contributed by atoms with van der Waals surface area (Å²) in [4.78, 5) is 14.2. The number of piperidine rings is 1. The summed E-state index contributed by atoms with van der Waals surface area (Å²) in [6, 6.07) is 0. The average Bonchev–Trinajstić information content (AvgIpc) is 2.29. The van der Waals surface area contributed by atoms with E-state index in [1.807, 2.05) is 0 Å². The Bertz CT molecular complexity index is 224. The first kappa shape index (κ1) is 10.9. The fraction of sp³-hybridized carbons (Fsp3) is 0.917. The molecule has 2 fully saturated rings. The van der Waals surface area contributed by atoms with Crippen LogP contribution in [0.4, 0.5) is 0 Å². The van der Waals surface area contributed by atoms with E-state index in [0.717, 1.165) is 39.1 Å². The van der Waals surface area contributed by atoms with Crippen LogP contribution in [-0.4, -0.2) is 37.1 Å². The monoisotopic (exact) mass is 211 g/mol. The Labute approximate surface area is 91.8 Å². The van der Waals surface area contributed by atoms with Gasteiger partial charge in [0.15, 0.2) is 0 Å². The molecule has 0 radical (unpaired) electrons. The standard InChI is InChI=1S/C12H21NO2/c1-10-3-2-6-13(9-10)12(14)11-4-7-15-8-5-11/h10-11H,2-9H2,1H3/t10-/m1/s1. The van der Waals surface area contributed by atoms with Crippen molar-refractivity contribution in [3.05, 3.63) is 0 Å². The number of hydrogen-bond acceptors (Lipinski definition) is 2. The van der Waals surface area contributed by atoms with E-state index in [2.05, 4.69) is 11.8 Å². The minimum Gasteiger partial charge on any atom is -0.381 e. The van der Waals surface area contributed by atoms with Crippen molar-refractivity contribution in [1.82, 2.24) is 4.90 Å². The fourth-order valence-corrected chi connectivity index (χ4v) is 2.59. The second-order valence-electron chi connectivity index (χ2n) is 4.92. The third kappa shape index (κ3) is 2.71. The zero-order valence-corrected chi connectivity index (χ0v) is 9.58. The van der Waals surface area contributed by atoms with Crippen LogP contribution in [0, 0.1) is 11.8 Å². The third-order valence-electron chi connectivity index (χ3n) is 3.54. The Morgan fingerprint density at radius 1 is 1.27 bits per heavy atom. The Morgan fingerprint density at radius 2 is 2.00 bits per heavy atom. The molecule has 2 saturated heterocycles. The normalized spacial score (nSPS) is 29.1. The van der Waals surface area contributed by atoms with Crippen molar-refractivity contribution in [2.75, 3.05) is 26.3 Å². The maximum Gasteiger partial charge on any atom is 0.225 e. The van der Waals surface area contributed by atoms with Gasteiger partial charge in [-0.2, -0.15) is 0 Å². The number of nitrogens with zero attached hydrogens (tertiary/aromatic N) is 1. The van der Waals surface area contributed by atoms with Gasteiger partial charge in [-0.1, -0.05) is 6.92 Å². The van der Waals surface area contributed by atoms with Crippen molar-refractivity contribution in [1.29, 1.82) is 0 Å². The SMILES string of the molecule is C[C@@H]1CCCN(C(=O)C2CCOCC2)C1. The molecule has 1 amide bonds. The van der Waals surface area contributed by atoms with E-state index < -0.39 is 0 Å². The Morgan fingerprint density at radius 3 is 2.67 bits per heavy atom. The second kappa shape index (κ2) is 4.97. The van der Waals surface area contributed by atoms with Crippen molar-refractivity contribution >= 4 is 5.91 Å². The summed E-state index contributed by atoms with van der Waals surface area (Å²) < 4.78 is 5.29. The topological polar surface area (TPSA) is 29.5 Å². The lowest BCUT2D eigenvalue weighted by molar-refractivity contribution is -0.140. The molecule has 1 atom stereocenters.